The smallest absolute Gasteiger partial charge is 0.164 e. The van der Waals surface area contributed by atoms with Crippen LogP contribution in [0.25, 0.3) is 106 Å². The van der Waals surface area contributed by atoms with Crippen LogP contribution in [0.5, 0.6) is 0 Å². The lowest BCUT2D eigenvalue weighted by Gasteiger charge is -2.08. The Balaban J connectivity index is 1.04. The monoisotopic (exact) mass is 657 g/mol. The maximum atomic E-state index is 6.60. The van der Waals surface area contributed by atoms with E-state index < -0.39 is 0 Å². The van der Waals surface area contributed by atoms with E-state index in [1.165, 1.54) is 5.56 Å². The highest BCUT2D eigenvalue weighted by Gasteiger charge is 2.20. The van der Waals surface area contributed by atoms with Crippen molar-refractivity contribution in [3.8, 4) is 45.3 Å². The lowest BCUT2D eigenvalue weighted by molar-refractivity contribution is 0.595. The number of hydrogen-bond acceptors (Lipinski definition) is 6. The number of allylic oxidation sites excluding steroid dienone is 1. The molecule has 0 atom stereocenters. The molecule has 1 aliphatic rings. The van der Waals surface area contributed by atoms with E-state index >= 15 is 0 Å². The molecular formula is C45H27N3O3. The normalized spacial score (nSPS) is 12.9. The van der Waals surface area contributed by atoms with Crippen LogP contribution in [0.3, 0.4) is 0 Å². The van der Waals surface area contributed by atoms with Gasteiger partial charge in [0.25, 0.3) is 0 Å². The Labute approximate surface area is 291 Å². The minimum absolute atomic E-state index is 0.606. The maximum absolute atomic E-state index is 6.60. The summed E-state index contributed by atoms with van der Waals surface area (Å²) in [7, 11) is 0. The Morgan fingerprint density at radius 3 is 1.80 bits per heavy atom. The number of hydrogen-bond donors (Lipinski definition) is 0. The van der Waals surface area contributed by atoms with Crippen LogP contribution in [0.4, 0.5) is 0 Å². The van der Waals surface area contributed by atoms with E-state index in [-0.39, 0.29) is 0 Å². The fourth-order valence-corrected chi connectivity index (χ4v) is 7.52. The van der Waals surface area contributed by atoms with Crippen molar-refractivity contribution in [3.63, 3.8) is 0 Å². The van der Waals surface area contributed by atoms with Crippen LogP contribution in [0, 0.1) is 0 Å². The van der Waals surface area contributed by atoms with Gasteiger partial charge in [-0.15, -0.1) is 0 Å². The Bertz CT molecular complexity index is 2970. The van der Waals surface area contributed by atoms with Gasteiger partial charge >= 0.3 is 0 Å². The molecule has 0 bridgehead atoms. The first-order chi connectivity index (χ1) is 25.2. The fraction of sp³-hybridized carbons (Fsp3) is 0.0444. The maximum Gasteiger partial charge on any atom is 0.164 e. The summed E-state index contributed by atoms with van der Waals surface area (Å²) in [4.78, 5) is 14.8. The molecule has 0 amide bonds. The number of rotatable bonds is 4. The molecule has 6 aromatic carbocycles. The predicted octanol–water partition coefficient (Wildman–Crippen LogP) is 12.0. The topological polar surface area (TPSA) is 78.1 Å². The Morgan fingerprint density at radius 1 is 0.431 bits per heavy atom. The molecule has 4 heterocycles. The summed E-state index contributed by atoms with van der Waals surface area (Å²) >= 11 is 0. The Morgan fingerprint density at radius 2 is 1.04 bits per heavy atom. The summed E-state index contributed by atoms with van der Waals surface area (Å²) in [6, 6.07) is 43.2. The van der Waals surface area contributed by atoms with Gasteiger partial charge < -0.3 is 13.3 Å². The zero-order chi connectivity index (χ0) is 33.5. The van der Waals surface area contributed by atoms with Gasteiger partial charge in [0.15, 0.2) is 17.5 Å². The molecule has 10 aromatic rings. The molecule has 0 aliphatic heterocycles. The molecule has 0 saturated heterocycles. The van der Waals surface area contributed by atoms with Gasteiger partial charge in [-0.2, -0.15) is 0 Å². The lowest BCUT2D eigenvalue weighted by atomic mass is 9.98. The van der Waals surface area contributed by atoms with Gasteiger partial charge in [0, 0.05) is 54.7 Å². The minimum atomic E-state index is 0.606. The Kier molecular flexibility index (Phi) is 5.98. The summed E-state index contributed by atoms with van der Waals surface area (Å²) in [6.07, 6.45) is 6.27. The second kappa shape index (κ2) is 10.9. The number of aromatic nitrogens is 3. The van der Waals surface area contributed by atoms with Crippen LogP contribution in [-0.2, 0) is 6.42 Å². The molecule has 51 heavy (non-hydrogen) atoms. The first-order valence-corrected chi connectivity index (χ1v) is 17.1. The molecule has 0 fully saturated rings. The molecule has 0 unspecified atom stereocenters. The molecule has 6 heteroatoms. The number of para-hydroxylation sites is 1. The average Bonchev–Trinajstić information content (AvgIpc) is 3.87. The fourth-order valence-electron chi connectivity index (χ4n) is 7.52. The van der Waals surface area contributed by atoms with Crippen molar-refractivity contribution >= 4 is 60.9 Å². The predicted molar refractivity (Wildman–Crippen MR) is 203 cm³/mol. The molecule has 1 aliphatic carbocycles. The number of aryl methyl sites for hydroxylation is 1. The standard InChI is InChI=1S/C45H27N3O3/c1-3-10-26(11-4-1)43-46-44(27-12-5-2-6-13-27)48-45(47-43)29-19-21-39-33(23-29)32-16-9-15-30(42(32)51-39)28-18-20-38-34(22-28)36-25-40-35(24-41(36)50-38)31-14-7-8-17-37(31)49-40/h1-6,8-13,15-25H,7,14H2. The molecule has 11 rings (SSSR count). The summed E-state index contributed by atoms with van der Waals surface area (Å²) in [5.41, 5.74) is 10.3. The van der Waals surface area contributed by atoms with Crippen LogP contribution in [-0.4, -0.2) is 15.0 Å². The molecule has 0 saturated carbocycles. The van der Waals surface area contributed by atoms with Crippen LogP contribution >= 0.6 is 0 Å². The van der Waals surface area contributed by atoms with Gasteiger partial charge in [0.05, 0.1) is 0 Å². The van der Waals surface area contributed by atoms with E-state index in [0.29, 0.717) is 17.5 Å². The molecule has 0 spiro atoms. The quantitative estimate of drug-likeness (QED) is 0.187. The molecule has 0 N–H and O–H groups in total. The van der Waals surface area contributed by atoms with Gasteiger partial charge in [-0.05, 0) is 66.9 Å². The van der Waals surface area contributed by atoms with Crippen LogP contribution in [0.15, 0.2) is 147 Å². The summed E-state index contributed by atoms with van der Waals surface area (Å²) in [6.45, 7) is 0. The highest BCUT2D eigenvalue weighted by atomic mass is 16.3. The van der Waals surface area contributed by atoms with Crippen LogP contribution in [0.1, 0.15) is 17.7 Å². The van der Waals surface area contributed by atoms with Crippen molar-refractivity contribution in [1.82, 2.24) is 15.0 Å². The molecule has 0 radical (unpaired) electrons. The van der Waals surface area contributed by atoms with E-state index in [9.17, 15) is 0 Å². The van der Waals surface area contributed by atoms with E-state index in [1.54, 1.807) is 0 Å². The van der Waals surface area contributed by atoms with Gasteiger partial charge in [-0.25, -0.2) is 15.0 Å². The van der Waals surface area contributed by atoms with Crippen molar-refractivity contribution in [2.45, 2.75) is 12.8 Å². The van der Waals surface area contributed by atoms with Crippen molar-refractivity contribution in [1.29, 1.82) is 0 Å². The lowest BCUT2D eigenvalue weighted by Crippen LogP contribution is -2.00. The van der Waals surface area contributed by atoms with E-state index in [4.69, 9.17) is 28.2 Å². The Hall–Kier alpha value is -6.79. The van der Waals surface area contributed by atoms with E-state index in [1.807, 2.05) is 72.8 Å². The minimum Gasteiger partial charge on any atom is -0.456 e. The highest BCUT2D eigenvalue weighted by molar-refractivity contribution is 6.13. The first-order valence-electron chi connectivity index (χ1n) is 17.1. The third-order valence-corrected chi connectivity index (χ3v) is 10.0. The molecule has 4 aromatic heterocycles. The number of furan rings is 3. The zero-order valence-corrected chi connectivity index (χ0v) is 27.3. The van der Waals surface area contributed by atoms with E-state index in [2.05, 4.69) is 66.7 Å². The number of benzene rings is 6. The molecule has 240 valence electrons. The second-order valence-electron chi connectivity index (χ2n) is 13.1. The number of nitrogens with zero attached hydrogens (tertiary/aromatic N) is 3. The summed E-state index contributed by atoms with van der Waals surface area (Å²) in [5, 5.41) is 5.25. The average molecular weight is 658 g/mol. The number of fused-ring (bicyclic) bond motifs is 9. The second-order valence-corrected chi connectivity index (χ2v) is 13.1. The molecular weight excluding hydrogens is 631 g/mol. The summed E-state index contributed by atoms with van der Waals surface area (Å²) < 4.78 is 19.2. The molecule has 6 nitrogen and oxygen atoms in total. The third-order valence-electron chi connectivity index (χ3n) is 10.0. The van der Waals surface area contributed by atoms with Crippen molar-refractivity contribution < 1.29 is 13.3 Å². The van der Waals surface area contributed by atoms with Crippen LogP contribution < -0.4 is 0 Å². The van der Waals surface area contributed by atoms with Gasteiger partial charge in [0.1, 0.15) is 33.7 Å². The first kappa shape index (κ1) is 28.1. The zero-order valence-electron chi connectivity index (χ0n) is 27.3. The third kappa shape index (κ3) is 4.46. The van der Waals surface area contributed by atoms with E-state index in [0.717, 1.165) is 101 Å². The van der Waals surface area contributed by atoms with Gasteiger partial charge in [-0.1, -0.05) is 91.0 Å². The van der Waals surface area contributed by atoms with Crippen molar-refractivity contribution in [2.24, 2.45) is 0 Å². The van der Waals surface area contributed by atoms with Crippen molar-refractivity contribution in [2.75, 3.05) is 0 Å². The van der Waals surface area contributed by atoms with Crippen molar-refractivity contribution in [3.05, 3.63) is 145 Å². The van der Waals surface area contributed by atoms with Gasteiger partial charge in [0.2, 0.25) is 0 Å². The van der Waals surface area contributed by atoms with Crippen LogP contribution in [0.2, 0.25) is 0 Å². The SMILES string of the molecule is C1=Cc2oc3cc4c(cc3c2CC1)oc1ccc(-c2cccc3c2oc2ccc(-c5nc(-c6ccccc6)nc(-c6ccccc6)n5)cc23)cc14. The largest absolute Gasteiger partial charge is 0.456 e. The highest BCUT2D eigenvalue weighted by Crippen LogP contribution is 2.41. The summed E-state index contributed by atoms with van der Waals surface area (Å²) in [5.74, 6) is 2.82. The van der Waals surface area contributed by atoms with Gasteiger partial charge in [-0.3, -0.25) is 0 Å².